The Balaban J connectivity index is 2.46. The summed E-state index contributed by atoms with van der Waals surface area (Å²) in [6, 6.07) is 7.59. The molecule has 106 valence electrons. The molecule has 0 aliphatic heterocycles. The number of hydrogen-bond acceptors (Lipinski definition) is 4. The topological polar surface area (TPSA) is 85.2 Å². The van der Waals surface area contributed by atoms with Crippen LogP contribution in [0.25, 0.3) is 10.9 Å². The van der Waals surface area contributed by atoms with Gasteiger partial charge in [-0.1, -0.05) is 13.3 Å². The van der Waals surface area contributed by atoms with Gasteiger partial charge in [0.25, 0.3) is 0 Å². The fourth-order valence-electron chi connectivity index (χ4n) is 2.28. The van der Waals surface area contributed by atoms with E-state index in [0.717, 1.165) is 36.0 Å². The van der Waals surface area contributed by atoms with E-state index in [1.165, 1.54) is 0 Å². The lowest BCUT2D eigenvalue weighted by molar-refractivity contribution is -0.116. The Hall–Kier alpha value is -2.30. The van der Waals surface area contributed by atoms with E-state index in [1.807, 2.05) is 29.2 Å². The SMILES string of the molecule is CCCCN(CC(N)=O)c1ccc(N)c2ncccc12. The summed E-state index contributed by atoms with van der Waals surface area (Å²) >= 11 is 0. The van der Waals surface area contributed by atoms with Crippen LogP contribution < -0.4 is 16.4 Å². The lowest BCUT2D eigenvalue weighted by Crippen LogP contribution is -2.34. The lowest BCUT2D eigenvalue weighted by Gasteiger charge is -2.25. The van der Waals surface area contributed by atoms with Crippen molar-refractivity contribution < 1.29 is 4.79 Å². The molecule has 5 heteroatoms. The van der Waals surface area contributed by atoms with Crippen LogP contribution in [0.3, 0.4) is 0 Å². The molecule has 0 bridgehead atoms. The maximum Gasteiger partial charge on any atom is 0.236 e. The van der Waals surface area contributed by atoms with E-state index in [9.17, 15) is 4.79 Å². The van der Waals surface area contributed by atoms with Crippen molar-refractivity contribution in [3.8, 4) is 0 Å². The molecule has 2 rings (SSSR count). The summed E-state index contributed by atoms with van der Waals surface area (Å²) in [7, 11) is 0. The number of primary amides is 1. The largest absolute Gasteiger partial charge is 0.397 e. The Bertz CT molecular complexity index is 612. The highest BCUT2D eigenvalue weighted by molar-refractivity contribution is 5.99. The van der Waals surface area contributed by atoms with Crippen molar-refractivity contribution in [1.29, 1.82) is 0 Å². The average Bonchev–Trinajstić information content (AvgIpc) is 2.44. The number of fused-ring (bicyclic) bond motifs is 1. The fraction of sp³-hybridized carbons (Fsp3) is 0.333. The Morgan fingerprint density at radius 2 is 2.15 bits per heavy atom. The summed E-state index contributed by atoms with van der Waals surface area (Å²) in [5.74, 6) is -0.338. The third-order valence-corrected chi connectivity index (χ3v) is 3.25. The van der Waals surface area contributed by atoms with Crippen molar-refractivity contribution in [2.24, 2.45) is 5.73 Å². The molecule has 0 radical (unpaired) electrons. The molecule has 2 aromatic rings. The van der Waals surface area contributed by atoms with E-state index in [-0.39, 0.29) is 12.5 Å². The zero-order valence-electron chi connectivity index (χ0n) is 11.7. The molecule has 0 spiro atoms. The van der Waals surface area contributed by atoms with Gasteiger partial charge in [-0.25, -0.2) is 0 Å². The second-order valence-electron chi connectivity index (χ2n) is 4.81. The van der Waals surface area contributed by atoms with E-state index in [2.05, 4.69) is 11.9 Å². The first-order valence-corrected chi connectivity index (χ1v) is 6.80. The van der Waals surface area contributed by atoms with Crippen molar-refractivity contribution >= 4 is 28.2 Å². The summed E-state index contributed by atoms with van der Waals surface area (Å²) < 4.78 is 0. The quantitative estimate of drug-likeness (QED) is 0.787. The first kappa shape index (κ1) is 14.1. The minimum Gasteiger partial charge on any atom is -0.397 e. The highest BCUT2D eigenvalue weighted by Gasteiger charge is 2.13. The van der Waals surface area contributed by atoms with Gasteiger partial charge in [-0.15, -0.1) is 0 Å². The molecule has 0 atom stereocenters. The number of nitrogens with zero attached hydrogens (tertiary/aromatic N) is 2. The van der Waals surface area contributed by atoms with Crippen LogP contribution >= 0.6 is 0 Å². The number of hydrogen-bond donors (Lipinski definition) is 2. The minimum absolute atomic E-state index is 0.202. The number of amides is 1. The highest BCUT2D eigenvalue weighted by atomic mass is 16.1. The second kappa shape index (κ2) is 6.23. The first-order chi connectivity index (χ1) is 9.63. The predicted octanol–water partition coefficient (Wildman–Crippen LogP) is 1.91. The monoisotopic (exact) mass is 272 g/mol. The van der Waals surface area contributed by atoms with E-state index >= 15 is 0 Å². The average molecular weight is 272 g/mol. The van der Waals surface area contributed by atoms with Crippen molar-refractivity contribution in [2.45, 2.75) is 19.8 Å². The van der Waals surface area contributed by atoms with Gasteiger partial charge in [0.1, 0.15) is 0 Å². The molecule has 4 N–H and O–H groups in total. The number of nitrogens with two attached hydrogens (primary N) is 2. The molecule has 1 aromatic carbocycles. The molecule has 0 aliphatic carbocycles. The standard InChI is InChI=1S/C15H20N4O/c1-2-3-9-19(10-14(17)20)13-7-6-12(16)15-11(13)5-4-8-18-15/h4-8H,2-3,9-10,16H2,1H3,(H2,17,20). The predicted molar refractivity (Wildman–Crippen MR) is 82.5 cm³/mol. The van der Waals surface area contributed by atoms with Crippen LogP contribution in [0.1, 0.15) is 19.8 Å². The van der Waals surface area contributed by atoms with Crippen LogP contribution in [0, 0.1) is 0 Å². The number of carbonyl (C=O) groups is 1. The summed E-state index contributed by atoms with van der Waals surface area (Å²) in [6.07, 6.45) is 3.77. The molecule has 0 fully saturated rings. The molecule has 0 saturated carbocycles. The van der Waals surface area contributed by atoms with Crippen LogP contribution in [0.5, 0.6) is 0 Å². The van der Waals surface area contributed by atoms with Crippen molar-refractivity contribution in [2.75, 3.05) is 23.7 Å². The Labute approximate surface area is 118 Å². The number of nitrogen functional groups attached to an aromatic ring is 1. The molecule has 0 aliphatic rings. The summed E-state index contributed by atoms with van der Waals surface area (Å²) in [5.41, 5.74) is 13.7. The van der Waals surface area contributed by atoms with Crippen LogP contribution in [-0.2, 0) is 4.79 Å². The van der Waals surface area contributed by atoms with Crippen molar-refractivity contribution in [3.05, 3.63) is 30.5 Å². The van der Waals surface area contributed by atoms with Gasteiger partial charge < -0.3 is 16.4 Å². The Morgan fingerprint density at radius 3 is 2.85 bits per heavy atom. The van der Waals surface area contributed by atoms with Gasteiger partial charge in [-0.05, 0) is 30.7 Å². The summed E-state index contributed by atoms with van der Waals surface area (Å²) in [4.78, 5) is 17.6. The van der Waals surface area contributed by atoms with Gasteiger partial charge in [0.05, 0.1) is 17.7 Å². The van der Waals surface area contributed by atoms with Gasteiger partial charge in [-0.2, -0.15) is 0 Å². The third kappa shape index (κ3) is 2.99. The number of unbranched alkanes of at least 4 members (excludes halogenated alkanes) is 1. The minimum atomic E-state index is -0.338. The van der Waals surface area contributed by atoms with Crippen LogP contribution in [0.15, 0.2) is 30.5 Å². The van der Waals surface area contributed by atoms with E-state index < -0.39 is 0 Å². The molecule has 1 aromatic heterocycles. The number of carbonyl (C=O) groups excluding carboxylic acids is 1. The summed E-state index contributed by atoms with van der Waals surface area (Å²) in [5, 5.41) is 0.949. The Kier molecular flexibility index (Phi) is 4.40. The van der Waals surface area contributed by atoms with Crippen LogP contribution in [0.2, 0.25) is 0 Å². The van der Waals surface area contributed by atoms with E-state index in [4.69, 9.17) is 11.5 Å². The zero-order chi connectivity index (χ0) is 14.5. The van der Waals surface area contributed by atoms with Crippen molar-refractivity contribution in [3.63, 3.8) is 0 Å². The number of anilines is 2. The molecule has 0 unspecified atom stereocenters. The number of aromatic nitrogens is 1. The van der Waals surface area contributed by atoms with Crippen LogP contribution in [0.4, 0.5) is 11.4 Å². The third-order valence-electron chi connectivity index (χ3n) is 3.25. The fourth-order valence-corrected chi connectivity index (χ4v) is 2.28. The Morgan fingerprint density at radius 1 is 1.35 bits per heavy atom. The van der Waals surface area contributed by atoms with Gasteiger partial charge in [0, 0.05) is 23.8 Å². The molecule has 1 amide bonds. The molecular weight excluding hydrogens is 252 g/mol. The normalized spacial score (nSPS) is 10.7. The van der Waals surface area contributed by atoms with Gasteiger partial charge >= 0.3 is 0 Å². The molecule has 1 heterocycles. The molecular formula is C15H20N4O. The number of pyridine rings is 1. The smallest absolute Gasteiger partial charge is 0.236 e. The lowest BCUT2D eigenvalue weighted by atomic mass is 10.1. The molecule has 20 heavy (non-hydrogen) atoms. The van der Waals surface area contributed by atoms with Crippen molar-refractivity contribution in [1.82, 2.24) is 4.98 Å². The van der Waals surface area contributed by atoms with E-state index in [0.29, 0.717) is 5.69 Å². The second-order valence-corrected chi connectivity index (χ2v) is 4.81. The first-order valence-electron chi connectivity index (χ1n) is 6.80. The highest BCUT2D eigenvalue weighted by Crippen LogP contribution is 2.29. The maximum absolute atomic E-state index is 11.3. The van der Waals surface area contributed by atoms with Gasteiger partial charge in [0.15, 0.2) is 0 Å². The maximum atomic E-state index is 11.3. The summed E-state index contributed by atoms with van der Waals surface area (Å²) in [6.45, 7) is 3.10. The van der Waals surface area contributed by atoms with Gasteiger partial charge in [-0.3, -0.25) is 9.78 Å². The number of benzene rings is 1. The molecule has 5 nitrogen and oxygen atoms in total. The number of rotatable bonds is 6. The van der Waals surface area contributed by atoms with Crippen LogP contribution in [-0.4, -0.2) is 24.0 Å². The van der Waals surface area contributed by atoms with Gasteiger partial charge in [0.2, 0.25) is 5.91 Å². The van der Waals surface area contributed by atoms with E-state index in [1.54, 1.807) is 6.20 Å². The zero-order valence-corrected chi connectivity index (χ0v) is 11.7. The molecule has 0 saturated heterocycles.